The fraction of sp³-hybridized carbons (Fsp3) is 0.500. The maximum Gasteiger partial charge on any atom is 0.241 e. The van der Waals surface area contributed by atoms with E-state index in [0.29, 0.717) is 31.8 Å². The van der Waals surface area contributed by atoms with Crippen LogP contribution in [0, 0.1) is 5.92 Å². The minimum absolute atomic E-state index is 0.0511. The summed E-state index contributed by atoms with van der Waals surface area (Å²) in [7, 11) is 0. The Labute approximate surface area is 151 Å². The maximum atomic E-state index is 12.3. The Bertz CT molecular complexity index is 778. The number of primary amides is 1. The average Bonchev–Trinajstić information content (AvgIpc) is 3.03. The van der Waals surface area contributed by atoms with Crippen LogP contribution in [0.5, 0.6) is 0 Å². The number of fused-ring (bicyclic) bond motifs is 1. The molecule has 0 radical (unpaired) electrons. The van der Waals surface area contributed by atoms with Crippen molar-refractivity contribution in [2.24, 2.45) is 11.7 Å². The van der Waals surface area contributed by atoms with Crippen molar-refractivity contribution in [1.29, 1.82) is 0 Å². The number of nitrogens with zero attached hydrogens (tertiary/aromatic N) is 2. The third-order valence-corrected chi connectivity index (χ3v) is 5.91. The minimum atomic E-state index is -0.260. The number of nitrogens with two attached hydrogens (primary N) is 1. The van der Waals surface area contributed by atoms with E-state index >= 15 is 0 Å². The first-order chi connectivity index (χ1) is 11.9. The lowest BCUT2D eigenvalue weighted by atomic mass is 9.96. The summed E-state index contributed by atoms with van der Waals surface area (Å²) in [5, 5.41) is 4.33. The molecule has 2 amide bonds. The summed E-state index contributed by atoms with van der Waals surface area (Å²) in [4.78, 5) is 30.0. The van der Waals surface area contributed by atoms with Gasteiger partial charge in [-0.25, -0.2) is 4.98 Å². The van der Waals surface area contributed by atoms with Crippen LogP contribution in [0.25, 0.3) is 10.2 Å². The van der Waals surface area contributed by atoms with E-state index in [0.717, 1.165) is 20.9 Å². The van der Waals surface area contributed by atoms with Gasteiger partial charge in [-0.3, -0.25) is 9.59 Å². The highest BCUT2D eigenvalue weighted by Gasteiger charge is 2.25. The number of benzene rings is 1. The molecule has 3 rings (SSSR count). The van der Waals surface area contributed by atoms with Gasteiger partial charge >= 0.3 is 0 Å². The quantitative estimate of drug-likeness (QED) is 0.858. The minimum Gasteiger partial charge on any atom is -0.376 e. The van der Waals surface area contributed by atoms with Gasteiger partial charge in [0.05, 0.1) is 21.8 Å². The zero-order chi connectivity index (χ0) is 18.0. The number of amides is 2. The topological polar surface area (TPSA) is 88.3 Å². The first-order valence-corrected chi connectivity index (χ1v) is 9.47. The summed E-state index contributed by atoms with van der Waals surface area (Å²) in [6, 6.07) is 5.99. The van der Waals surface area contributed by atoms with Crippen LogP contribution in [0.15, 0.2) is 18.2 Å². The zero-order valence-corrected chi connectivity index (χ0v) is 15.4. The first-order valence-electron chi connectivity index (χ1n) is 8.65. The van der Waals surface area contributed by atoms with Crippen molar-refractivity contribution >= 4 is 39.1 Å². The molecular weight excluding hydrogens is 336 g/mol. The van der Waals surface area contributed by atoms with Gasteiger partial charge < -0.3 is 16.0 Å². The molecule has 2 heterocycles. The van der Waals surface area contributed by atoms with Crippen molar-refractivity contribution < 1.29 is 9.59 Å². The normalized spacial score (nSPS) is 15.7. The number of likely N-dealkylation sites (tertiary alicyclic amines) is 1. The largest absolute Gasteiger partial charge is 0.376 e. The van der Waals surface area contributed by atoms with Gasteiger partial charge in [0.2, 0.25) is 11.8 Å². The number of hydrogen-bond acceptors (Lipinski definition) is 5. The van der Waals surface area contributed by atoms with Gasteiger partial charge in [-0.1, -0.05) is 13.8 Å². The molecule has 0 spiro atoms. The number of carbonyl (C=O) groups is 2. The number of anilines is 1. The van der Waals surface area contributed by atoms with E-state index in [4.69, 9.17) is 5.73 Å². The first kappa shape index (κ1) is 17.7. The van der Waals surface area contributed by atoms with Gasteiger partial charge in [-0.15, -0.1) is 11.3 Å². The standard InChI is InChI=1S/C18H24N4O2S/c1-11(2)18-21-14-4-3-13(9-15(14)25-18)20-10-16(23)22-7-5-12(6-8-22)17(19)24/h3-4,9,11-12,20H,5-8,10H2,1-2H3,(H2,19,24). The molecule has 1 aromatic heterocycles. The molecule has 1 aliphatic heterocycles. The fourth-order valence-electron chi connectivity index (χ4n) is 3.00. The van der Waals surface area contributed by atoms with Gasteiger partial charge in [-0.05, 0) is 31.0 Å². The highest BCUT2D eigenvalue weighted by atomic mass is 32.1. The molecule has 0 saturated carbocycles. The van der Waals surface area contributed by atoms with Crippen molar-refractivity contribution in [1.82, 2.24) is 9.88 Å². The van der Waals surface area contributed by atoms with Gasteiger partial charge in [-0.2, -0.15) is 0 Å². The molecule has 6 nitrogen and oxygen atoms in total. The summed E-state index contributed by atoms with van der Waals surface area (Å²) in [5.74, 6) is 0.110. The Balaban J connectivity index is 1.57. The second-order valence-electron chi connectivity index (χ2n) is 6.80. The molecule has 2 aromatic rings. The molecule has 1 aliphatic rings. The fourth-order valence-corrected chi connectivity index (χ4v) is 4.01. The van der Waals surface area contributed by atoms with E-state index in [-0.39, 0.29) is 24.3 Å². The molecule has 0 bridgehead atoms. The van der Waals surface area contributed by atoms with Crippen LogP contribution >= 0.6 is 11.3 Å². The van der Waals surface area contributed by atoms with Crippen molar-refractivity contribution in [2.45, 2.75) is 32.6 Å². The Morgan fingerprint density at radius 3 is 2.72 bits per heavy atom. The Morgan fingerprint density at radius 1 is 1.36 bits per heavy atom. The second kappa shape index (κ2) is 7.39. The Morgan fingerprint density at radius 2 is 2.08 bits per heavy atom. The van der Waals surface area contributed by atoms with Gasteiger partial charge in [0.25, 0.3) is 0 Å². The van der Waals surface area contributed by atoms with E-state index in [9.17, 15) is 9.59 Å². The maximum absolute atomic E-state index is 12.3. The summed E-state index contributed by atoms with van der Waals surface area (Å²) in [5.41, 5.74) is 7.25. The van der Waals surface area contributed by atoms with Crippen LogP contribution in [0.1, 0.15) is 37.6 Å². The average molecular weight is 360 g/mol. The molecule has 0 atom stereocenters. The van der Waals surface area contributed by atoms with E-state index in [1.807, 2.05) is 18.2 Å². The van der Waals surface area contributed by atoms with Crippen molar-refractivity contribution in [3.05, 3.63) is 23.2 Å². The van der Waals surface area contributed by atoms with E-state index in [2.05, 4.69) is 24.1 Å². The van der Waals surface area contributed by atoms with E-state index in [1.54, 1.807) is 16.2 Å². The van der Waals surface area contributed by atoms with E-state index in [1.165, 1.54) is 0 Å². The smallest absolute Gasteiger partial charge is 0.241 e. The third-order valence-electron chi connectivity index (χ3n) is 4.59. The monoisotopic (exact) mass is 360 g/mol. The van der Waals surface area contributed by atoms with Gasteiger partial charge in [0, 0.05) is 30.6 Å². The van der Waals surface area contributed by atoms with Crippen LogP contribution in [-0.2, 0) is 9.59 Å². The van der Waals surface area contributed by atoms with Crippen molar-refractivity contribution in [2.75, 3.05) is 25.0 Å². The number of carbonyl (C=O) groups excluding carboxylic acids is 2. The summed E-state index contributed by atoms with van der Waals surface area (Å²) < 4.78 is 1.13. The lowest BCUT2D eigenvalue weighted by molar-refractivity contribution is -0.133. The molecule has 3 N–H and O–H groups in total. The van der Waals surface area contributed by atoms with Crippen LogP contribution in [0.2, 0.25) is 0 Å². The van der Waals surface area contributed by atoms with Crippen molar-refractivity contribution in [3.63, 3.8) is 0 Å². The molecule has 134 valence electrons. The lowest BCUT2D eigenvalue weighted by Gasteiger charge is -2.30. The number of hydrogen-bond donors (Lipinski definition) is 2. The van der Waals surface area contributed by atoms with Crippen LogP contribution in [0.4, 0.5) is 5.69 Å². The summed E-state index contributed by atoms with van der Waals surface area (Å²) in [6.07, 6.45) is 1.32. The third kappa shape index (κ3) is 4.10. The predicted molar refractivity (Wildman–Crippen MR) is 101 cm³/mol. The molecule has 1 fully saturated rings. The van der Waals surface area contributed by atoms with E-state index < -0.39 is 0 Å². The van der Waals surface area contributed by atoms with Crippen LogP contribution in [-0.4, -0.2) is 41.3 Å². The number of piperidine rings is 1. The molecule has 25 heavy (non-hydrogen) atoms. The second-order valence-corrected chi connectivity index (χ2v) is 7.86. The number of rotatable bonds is 5. The van der Waals surface area contributed by atoms with Gasteiger partial charge in [0.15, 0.2) is 0 Å². The number of aromatic nitrogens is 1. The highest BCUT2D eigenvalue weighted by molar-refractivity contribution is 7.18. The summed E-state index contributed by atoms with van der Waals surface area (Å²) in [6.45, 7) is 5.72. The number of thiazole rings is 1. The Hall–Kier alpha value is -2.15. The van der Waals surface area contributed by atoms with Gasteiger partial charge in [0.1, 0.15) is 0 Å². The predicted octanol–water partition coefficient (Wildman–Crippen LogP) is 2.56. The number of nitrogens with one attached hydrogen (secondary N) is 1. The Kier molecular flexibility index (Phi) is 5.22. The molecule has 0 unspecified atom stereocenters. The highest BCUT2D eigenvalue weighted by Crippen LogP contribution is 2.29. The molecule has 1 aromatic carbocycles. The van der Waals surface area contributed by atoms with Crippen LogP contribution in [0.3, 0.4) is 0 Å². The molecule has 1 saturated heterocycles. The SMILES string of the molecule is CC(C)c1nc2ccc(NCC(=O)N3CCC(C(N)=O)CC3)cc2s1. The zero-order valence-electron chi connectivity index (χ0n) is 14.6. The lowest BCUT2D eigenvalue weighted by Crippen LogP contribution is -2.43. The summed E-state index contributed by atoms with van der Waals surface area (Å²) >= 11 is 1.69. The van der Waals surface area contributed by atoms with Crippen molar-refractivity contribution in [3.8, 4) is 0 Å². The van der Waals surface area contributed by atoms with Crippen LogP contribution < -0.4 is 11.1 Å². The molecular formula is C18H24N4O2S. The molecule has 0 aliphatic carbocycles. The molecule has 7 heteroatoms.